The van der Waals surface area contributed by atoms with Crippen LogP contribution in [0.25, 0.3) is 50.1 Å². The molecule has 2 aliphatic rings. The van der Waals surface area contributed by atoms with Crippen LogP contribution in [0.5, 0.6) is 0 Å². The molecule has 0 saturated heterocycles. The first-order valence-corrected chi connectivity index (χ1v) is 15.1. The van der Waals surface area contributed by atoms with Crippen LogP contribution in [0.15, 0.2) is 158 Å². The number of allylic oxidation sites excluding steroid dienone is 2. The third-order valence-corrected chi connectivity index (χ3v) is 8.93. The van der Waals surface area contributed by atoms with Gasteiger partial charge in [0.25, 0.3) is 0 Å². The molecule has 0 amide bonds. The lowest BCUT2D eigenvalue weighted by Crippen LogP contribution is -2.29. The van der Waals surface area contributed by atoms with Gasteiger partial charge in [0.05, 0.1) is 34.2 Å². The number of pyridine rings is 2. The number of hydrogen-bond acceptors (Lipinski definition) is 3. The van der Waals surface area contributed by atoms with E-state index in [1.165, 1.54) is 22.0 Å². The first-order valence-electron chi connectivity index (χ1n) is 15.1. The molecule has 208 valence electrons. The average molecular weight is 565 g/mol. The molecule has 2 atom stereocenters. The van der Waals surface area contributed by atoms with Crippen molar-refractivity contribution >= 4 is 33.3 Å². The summed E-state index contributed by atoms with van der Waals surface area (Å²) in [5.41, 5.74) is 8.92. The molecule has 0 radical (unpaired) electrons. The Hall–Kier alpha value is -5.74. The molecule has 3 aromatic heterocycles. The fourth-order valence-electron chi connectivity index (χ4n) is 7.01. The third kappa shape index (κ3) is 3.78. The Bertz CT molecular complexity index is 2250. The van der Waals surface area contributed by atoms with Gasteiger partial charge in [0.15, 0.2) is 0 Å². The fraction of sp³-hybridized carbons (Fsp3) is 0.0500. The first kappa shape index (κ1) is 24.8. The van der Waals surface area contributed by atoms with Crippen molar-refractivity contribution in [2.24, 2.45) is 0 Å². The van der Waals surface area contributed by atoms with Crippen LogP contribution in [-0.4, -0.2) is 20.6 Å². The zero-order valence-corrected chi connectivity index (χ0v) is 24.0. The molecule has 9 rings (SSSR count). The number of fused-ring (bicyclic) bond motifs is 7. The topological polar surface area (TPSA) is 34.0 Å². The minimum absolute atomic E-state index is 0.120. The van der Waals surface area contributed by atoms with E-state index in [-0.39, 0.29) is 12.0 Å². The van der Waals surface area contributed by atoms with Crippen LogP contribution in [0.3, 0.4) is 0 Å². The highest BCUT2D eigenvalue weighted by molar-refractivity contribution is 6.15. The summed E-state index contributed by atoms with van der Waals surface area (Å²) in [5.74, 6) is 2.06. The maximum atomic E-state index is 5.27. The number of anilines is 2. The molecule has 4 nitrogen and oxygen atoms in total. The van der Waals surface area contributed by atoms with E-state index in [0.29, 0.717) is 0 Å². The molecule has 4 aromatic carbocycles. The molecular formula is C40H28N4. The summed E-state index contributed by atoms with van der Waals surface area (Å²) >= 11 is 0. The lowest BCUT2D eigenvalue weighted by molar-refractivity contribution is 0.738. The van der Waals surface area contributed by atoms with E-state index in [9.17, 15) is 0 Å². The van der Waals surface area contributed by atoms with E-state index in [1.54, 1.807) is 0 Å². The fourth-order valence-corrected chi connectivity index (χ4v) is 7.01. The summed E-state index contributed by atoms with van der Waals surface area (Å²) in [5, 5.41) is 2.42. The summed E-state index contributed by atoms with van der Waals surface area (Å²) < 4.78 is 2.36. The summed E-state index contributed by atoms with van der Waals surface area (Å²) in [4.78, 5) is 13.0. The summed E-state index contributed by atoms with van der Waals surface area (Å²) in [6.07, 6.45) is 8.98. The van der Waals surface area contributed by atoms with Gasteiger partial charge in [-0.3, -0.25) is 4.57 Å². The Kier molecular flexibility index (Phi) is 5.60. The lowest BCUT2D eigenvalue weighted by atomic mass is 9.91. The van der Waals surface area contributed by atoms with Gasteiger partial charge in [0.1, 0.15) is 11.6 Å². The van der Waals surface area contributed by atoms with Gasteiger partial charge in [-0.25, -0.2) is 9.97 Å². The lowest BCUT2D eigenvalue weighted by Gasteiger charge is -2.28. The Morgan fingerprint density at radius 2 is 1.14 bits per heavy atom. The van der Waals surface area contributed by atoms with Gasteiger partial charge >= 0.3 is 0 Å². The van der Waals surface area contributed by atoms with Gasteiger partial charge in [0.2, 0.25) is 0 Å². The largest absolute Gasteiger partial charge is 0.316 e. The van der Waals surface area contributed by atoms with Crippen LogP contribution in [0.2, 0.25) is 0 Å². The van der Waals surface area contributed by atoms with Crippen molar-refractivity contribution in [2.45, 2.75) is 12.0 Å². The second kappa shape index (κ2) is 9.92. The van der Waals surface area contributed by atoms with E-state index < -0.39 is 0 Å². The van der Waals surface area contributed by atoms with Gasteiger partial charge in [-0.05, 0) is 35.9 Å². The highest BCUT2D eigenvalue weighted by Crippen LogP contribution is 2.52. The maximum absolute atomic E-state index is 5.27. The van der Waals surface area contributed by atoms with Crippen LogP contribution in [0, 0.1) is 0 Å². The molecule has 44 heavy (non-hydrogen) atoms. The zero-order valence-electron chi connectivity index (χ0n) is 24.0. The van der Waals surface area contributed by atoms with Crippen molar-refractivity contribution < 1.29 is 0 Å². The van der Waals surface area contributed by atoms with Gasteiger partial charge < -0.3 is 4.90 Å². The number of para-hydroxylation sites is 1. The molecule has 0 bridgehead atoms. The Labute approximate surface area is 255 Å². The molecule has 1 aliphatic carbocycles. The van der Waals surface area contributed by atoms with E-state index in [4.69, 9.17) is 9.97 Å². The molecule has 0 spiro atoms. The van der Waals surface area contributed by atoms with Gasteiger partial charge in [-0.1, -0.05) is 127 Å². The molecule has 2 unspecified atom stereocenters. The highest BCUT2D eigenvalue weighted by atomic mass is 15.3. The van der Waals surface area contributed by atoms with Gasteiger partial charge in [-0.15, -0.1) is 0 Å². The normalized spacial score (nSPS) is 16.9. The number of aromatic nitrogens is 3. The molecule has 7 aromatic rings. The number of rotatable bonds is 4. The maximum Gasteiger partial charge on any atom is 0.138 e. The monoisotopic (exact) mass is 564 g/mol. The number of nitrogens with zero attached hydrogens (tertiary/aromatic N) is 4. The van der Waals surface area contributed by atoms with Crippen LogP contribution in [0.1, 0.15) is 11.5 Å². The van der Waals surface area contributed by atoms with Crippen LogP contribution in [0.4, 0.5) is 11.5 Å². The predicted octanol–water partition coefficient (Wildman–Crippen LogP) is 9.64. The molecule has 0 N–H and O–H groups in total. The van der Waals surface area contributed by atoms with Crippen molar-refractivity contribution in [1.29, 1.82) is 0 Å². The molecule has 0 saturated carbocycles. The summed E-state index contributed by atoms with van der Waals surface area (Å²) in [7, 11) is 0. The van der Waals surface area contributed by atoms with Crippen LogP contribution in [-0.2, 0) is 0 Å². The molecule has 4 heterocycles. The van der Waals surface area contributed by atoms with E-state index in [1.807, 2.05) is 12.1 Å². The summed E-state index contributed by atoms with van der Waals surface area (Å²) in [6.45, 7) is 0. The number of hydrogen-bond donors (Lipinski definition) is 0. The minimum atomic E-state index is 0.120. The van der Waals surface area contributed by atoms with Crippen molar-refractivity contribution in [2.75, 3.05) is 4.90 Å². The number of benzene rings is 4. The quantitative estimate of drug-likeness (QED) is 0.213. The molecule has 0 fully saturated rings. The second-order valence-corrected chi connectivity index (χ2v) is 11.4. The van der Waals surface area contributed by atoms with Crippen LogP contribution >= 0.6 is 0 Å². The third-order valence-electron chi connectivity index (χ3n) is 8.93. The minimum Gasteiger partial charge on any atom is -0.316 e. The SMILES string of the molecule is C1=CC2c3ccc4c5ccccc5n(-c5cccc(-c6ccccc6)n5)c4c3N(c3cccc(-c4ccccc4)n3)C2C=C1. The van der Waals surface area contributed by atoms with Crippen molar-refractivity contribution in [1.82, 2.24) is 14.5 Å². The zero-order chi connectivity index (χ0) is 29.0. The van der Waals surface area contributed by atoms with Crippen molar-refractivity contribution in [3.05, 3.63) is 163 Å². The molecule has 1 aliphatic heterocycles. The second-order valence-electron chi connectivity index (χ2n) is 11.4. The predicted molar refractivity (Wildman–Crippen MR) is 181 cm³/mol. The highest BCUT2D eigenvalue weighted by Gasteiger charge is 2.40. The van der Waals surface area contributed by atoms with Crippen molar-refractivity contribution in [3.8, 4) is 28.3 Å². The van der Waals surface area contributed by atoms with Gasteiger partial charge in [-0.2, -0.15) is 0 Å². The van der Waals surface area contributed by atoms with Crippen molar-refractivity contribution in [3.63, 3.8) is 0 Å². The standard InChI is InChI=1S/C40H28N4/c1-3-13-27(14-4-1)33-19-11-23-37(41-33)43-35-21-9-7-17-29(35)31-25-26-32-30-18-8-10-22-36(30)44(40(32)39(31)43)38-24-12-20-34(42-38)28-15-5-2-6-16-28/h1-26,29,35H. The van der Waals surface area contributed by atoms with Crippen LogP contribution < -0.4 is 4.90 Å². The first-order chi connectivity index (χ1) is 21.8. The summed E-state index contributed by atoms with van der Waals surface area (Å²) in [6, 6.07) is 46.9. The Balaban J connectivity index is 1.34. The molecular weight excluding hydrogens is 536 g/mol. The Morgan fingerprint density at radius 3 is 1.89 bits per heavy atom. The Morgan fingerprint density at radius 1 is 0.500 bits per heavy atom. The van der Waals surface area contributed by atoms with Gasteiger partial charge in [0, 0.05) is 27.8 Å². The molecule has 4 heteroatoms. The van der Waals surface area contributed by atoms with E-state index in [0.717, 1.165) is 45.2 Å². The van der Waals surface area contributed by atoms with E-state index in [2.05, 4.69) is 155 Å². The van der Waals surface area contributed by atoms with E-state index >= 15 is 0 Å². The average Bonchev–Trinajstić information content (AvgIpc) is 3.62. The smallest absolute Gasteiger partial charge is 0.138 e.